The molecule has 3 aromatic carbocycles. The van der Waals surface area contributed by atoms with Crippen LogP contribution in [0, 0.1) is 0 Å². The first-order chi connectivity index (χ1) is 19.6. The Morgan fingerprint density at radius 2 is 1.61 bits per heavy atom. The number of halogens is 3. The molecule has 0 unspecified atom stereocenters. The van der Waals surface area contributed by atoms with E-state index in [1.807, 2.05) is 0 Å². The van der Waals surface area contributed by atoms with Gasteiger partial charge in [0.05, 0.1) is 38.5 Å². The van der Waals surface area contributed by atoms with Gasteiger partial charge in [-0.25, -0.2) is 4.99 Å². The van der Waals surface area contributed by atoms with Crippen molar-refractivity contribution in [2.24, 2.45) is 4.99 Å². The lowest BCUT2D eigenvalue weighted by molar-refractivity contribution is -0.274. The van der Waals surface area contributed by atoms with E-state index in [4.69, 9.17) is 14.2 Å². The molecule has 1 heterocycles. The third-order valence-corrected chi connectivity index (χ3v) is 6.53. The van der Waals surface area contributed by atoms with Crippen molar-refractivity contribution in [1.29, 1.82) is 0 Å². The monoisotopic (exact) mass is 587 g/mol. The molecule has 0 radical (unpaired) electrons. The summed E-state index contributed by atoms with van der Waals surface area (Å²) >= 11 is 0.938. The highest BCUT2D eigenvalue weighted by Crippen LogP contribution is 2.41. The zero-order chi connectivity index (χ0) is 29.6. The number of aliphatic imine (C=N–C) groups is 1. The summed E-state index contributed by atoms with van der Waals surface area (Å²) in [6, 6.07) is 17.2. The number of anilines is 2. The Kier molecular flexibility index (Phi) is 9.07. The number of hydrogen-bond donors (Lipinski definition) is 1. The number of carbonyl (C=O) groups excluding carboxylic acids is 2. The van der Waals surface area contributed by atoms with Crippen LogP contribution in [0.15, 0.2) is 77.4 Å². The van der Waals surface area contributed by atoms with Crippen molar-refractivity contribution in [2.45, 2.75) is 6.36 Å². The molecule has 0 saturated heterocycles. The zero-order valence-electron chi connectivity index (χ0n) is 22.0. The number of methoxy groups -OCH3 is 3. The van der Waals surface area contributed by atoms with Crippen molar-refractivity contribution >= 4 is 46.2 Å². The Morgan fingerprint density at radius 3 is 2.27 bits per heavy atom. The van der Waals surface area contributed by atoms with Gasteiger partial charge in [0, 0.05) is 5.56 Å². The van der Waals surface area contributed by atoms with Gasteiger partial charge >= 0.3 is 6.36 Å². The number of carbonyl (C=O) groups is 2. The summed E-state index contributed by atoms with van der Waals surface area (Å²) in [5, 5.41) is 2.61. The number of hydrogen-bond acceptors (Lipinski definition) is 8. The van der Waals surface area contributed by atoms with Crippen LogP contribution in [0.5, 0.6) is 23.0 Å². The number of alkyl halides is 3. The number of nitrogens with zero attached hydrogens (tertiary/aromatic N) is 2. The van der Waals surface area contributed by atoms with Crippen molar-refractivity contribution in [3.63, 3.8) is 0 Å². The average molecular weight is 588 g/mol. The number of nitrogens with one attached hydrogen (secondary N) is 1. The predicted molar refractivity (Wildman–Crippen MR) is 150 cm³/mol. The summed E-state index contributed by atoms with van der Waals surface area (Å²) < 4.78 is 58.5. The van der Waals surface area contributed by atoms with Crippen molar-refractivity contribution in [2.75, 3.05) is 37.3 Å². The highest BCUT2D eigenvalue weighted by Gasteiger charge is 2.34. The van der Waals surface area contributed by atoms with Crippen LogP contribution in [-0.4, -0.2) is 50.4 Å². The van der Waals surface area contributed by atoms with E-state index in [2.05, 4.69) is 15.0 Å². The molecule has 3 aromatic rings. The van der Waals surface area contributed by atoms with Gasteiger partial charge in [0.1, 0.15) is 5.70 Å². The normalized spacial score (nSPS) is 14.1. The van der Waals surface area contributed by atoms with Crippen LogP contribution in [0.4, 0.5) is 24.5 Å². The second-order valence-electron chi connectivity index (χ2n) is 8.20. The van der Waals surface area contributed by atoms with Gasteiger partial charge < -0.3 is 24.3 Å². The molecule has 2 amide bonds. The molecule has 1 aliphatic rings. The molecule has 13 heteroatoms. The lowest BCUT2D eigenvalue weighted by atomic mass is 10.1. The first-order valence-electron chi connectivity index (χ1n) is 11.9. The van der Waals surface area contributed by atoms with Gasteiger partial charge in [-0.1, -0.05) is 42.1 Å². The maximum atomic E-state index is 13.5. The molecule has 4 rings (SSSR count). The summed E-state index contributed by atoms with van der Waals surface area (Å²) in [7, 11) is 4.40. The lowest BCUT2D eigenvalue weighted by Gasteiger charge is -2.18. The fourth-order valence-electron chi connectivity index (χ4n) is 3.88. The summed E-state index contributed by atoms with van der Waals surface area (Å²) in [6.07, 6.45) is -3.40. The second kappa shape index (κ2) is 12.7. The molecule has 214 valence electrons. The maximum absolute atomic E-state index is 13.5. The van der Waals surface area contributed by atoms with Crippen LogP contribution in [0.25, 0.3) is 6.08 Å². The first-order valence-corrected chi connectivity index (χ1v) is 12.9. The zero-order valence-corrected chi connectivity index (χ0v) is 22.8. The number of amides is 2. The largest absolute Gasteiger partial charge is 0.573 e. The number of thioether (sulfide) groups is 1. The average Bonchev–Trinajstić information content (AvgIpc) is 3.26. The number of para-hydroxylation sites is 3. The van der Waals surface area contributed by atoms with E-state index in [0.29, 0.717) is 28.5 Å². The molecule has 9 nitrogen and oxygen atoms in total. The molecular weight excluding hydrogens is 563 g/mol. The minimum Gasteiger partial charge on any atom is -0.493 e. The Morgan fingerprint density at radius 1 is 0.927 bits per heavy atom. The topological polar surface area (TPSA) is 98.7 Å². The molecule has 0 aromatic heterocycles. The van der Waals surface area contributed by atoms with E-state index in [0.717, 1.165) is 17.8 Å². The van der Waals surface area contributed by atoms with Crippen LogP contribution in [0.1, 0.15) is 5.56 Å². The van der Waals surface area contributed by atoms with Crippen LogP contribution in [-0.2, 0) is 9.59 Å². The SMILES string of the molecule is COc1ccc(/C=C2/N=C(SCC(=O)Nc3ccccc3OC(F)(F)F)N(c3ccccc3)C2=O)c(OC)c1OC. The fourth-order valence-corrected chi connectivity index (χ4v) is 4.70. The van der Waals surface area contributed by atoms with E-state index in [9.17, 15) is 22.8 Å². The van der Waals surface area contributed by atoms with Crippen LogP contribution < -0.4 is 29.2 Å². The Labute approximate surface area is 237 Å². The smallest absolute Gasteiger partial charge is 0.493 e. The van der Waals surface area contributed by atoms with Gasteiger partial charge in [-0.2, -0.15) is 0 Å². The Balaban J connectivity index is 1.61. The minimum absolute atomic E-state index is 0.0613. The molecule has 1 N–H and O–H groups in total. The van der Waals surface area contributed by atoms with Gasteiger partial charge in [-0.15, -0.1) is 13.2 Å². The first kappa shape index (κ1) is 29.3. The fraction of sp³-hybridized carbons (Fsp3) is 0.179. The van der Waals surface area contributed by atoms with Gasteiger partial charge in [0.2, 0.25) is 11.7 Å². The van der Waals surface area contributed by atoms with Crippen LogP contribution in [0.2, 0.25) is 0 Å². The second-order valence-corrected chi connectivity index (χ2v) is 9.15. The standard InChI is InChI=1S/C28H24F3N3O6S/c1-37-22-14-13-17(24(38-2)25(22)39-3)15-20-26(36)34(18-9-5-4-6-10-18)27(33-20)41-16-23(35)32-19-11-7-8-12-21(19)40-28(29,30)31/h4-15H,16H2,1-3H3,(H,32,35)/b20-15+. The van der Waals surface area contributed by atoms with Crippen molar-refractivity contribution in [3.05, 3.63) is 78.0 Å². The molecule has 41 heavy (non-hydrogen) atoms. The number of benzene rings is 3. The third kappa shape index (κ3) is 6.92. The number of rotatable bonds is 9. The summed E-state index contributed by atoms with van der Waals surface area (Å²) in [4.78, 5) is 32.1. The molecule has 0 atom stereocenters. The Bertz CT molecular complexity index is 1500. The van der Waals surface area contributed by atoms with E-state index in [-0.39, 0.29) is 22.3 Å². The molecular formula is C28H24F3N3O6S. The maximum Gasteiger partial charge on any atom is 0.573 e. The summed E-state index contributed by atoms with van der Waals surface area (Å²) in [5.74, 6) is -0.804. The van der Waals surface area contributed by atoms with Crippen molar-refractivity contribution in [1.82, 2.24) is 0 Å². The molecule has 0 bridgehead atoms. The van der Waals surface area contributed by atoms with Crippen LogP contribution >= 0.6 is 11.8 Å². The van der Waals surface area contributed by atoms with Gasteiger partial charge in [-0.3, -0.25) is 14.5 Å². The summed E-state index contributed by atoms with van der Waals surface area (Å²) in [6.45, 7) is 0. The van der Waals surface area contributed by atoms with Crippen molar-refractivity contribution in [3.8, 4) is 23.0 Å². The van der Waals surface area contributed by atoms with E-state index < -0.39 is 23.9 Å². The molecule has 0 aliphatic carbocycles. The third-order valence-electron chi connectivity index (χ3n) is 5.59. The number of amidine groups is 1. The molecule has 0 spiro atoms. The van der Waals surface area contributed by atoms with E-state index >= 15 is 0 Å². The summed E-state index contributed by atoms with van der Waals surface area (Å²) in [5.41, 5.74) is 0.915. The quantitative estimate of drug-likeness (QED) is 0.320. The number of ether oxygens (including phenoxy) is 4. The van der Waals surface area contributed by atoms with Crippen molar-refractivity contribution < 1.29 is 41.7 Å². The van der Waals surface area contributed by atoms with E-state index in [1.54, 1.807) is 42.5 Å². The molecule has 0 fully saturated rings. The van der Waals surface area contributed by atoms with Gasteiger partial charge in [0.15, 0.2) is 22.4 Å². The molecule has 1 aliphatic heterocycles. The lowest BCUT2D eigenvalue weighted by Crippen LogP contribution is -2.31. The van der Waals surface area contributed by atoms with E-state index in [1.165, 1.54) is 50.5 Å². The Hall–Kier alpha value is -4.65. The highest BCUT2D eigenvalue weighted by molar-refractivity contribution is 8.14. The minimum atomic E-state index is -4.93. The highest BCUT2D eigenvalue weighted by atomic mass is 32.2. The van der Waals surface area contributed by atoms with Crippen LogP contribution in [0.3, 0.4) is 0 Å². The van der Waals surface area contributed by atoms with Gasteiger partial charge in [0.25, 0.3) is 5.91 Å². The molecule has 0 saturated carbocycles. The predicted octanol–water partition coefficient (Wildman–Crippen LogP) is 5.73. The van der Waals surface area contributed by atoms with Gasteiger partial charge in [-0.05, 0) is 42.5 Å².